The lowest BCUT2D eigenvalue weighted by Crippen LogP contribution is -2.59. The molecule has 44 heavy (non-hydrogen) atoms. The van der Waals surface area contributed by atoms with Crippen molar-refractivity contribution in [2.24, 2.45) is 11.7 Å². The SMILES string of the molecule is CC(C)[C@H](NC(=O)[C@H](C)N)C(=O)N1CCC[C@H]1C(=O)N[C@@H](Cc1ccc(Cl)cc1)C(=O)N[C@@H](Cc1ccc(O)cc1)C(=O)O. The predicted octanol–water partition coefficient (Wildman–Crippen LogP) is 1.36. The van der Waals surface area contributed by atoms with Gasteiger partial charge >= 0.3 is 5.97 Å². The second kappa shape index (κ2) is 15.5. The Morgan fingerprint density at radius 2 is 1.45 bits per heavy atom. The standard InChI is InChI=1S/C31H40ClN5O7/c1-17(2)26(36-27(39)18(3)33)30(42)37-14-4-5-25(37)29(41)34-23(15-19-6-10-21(32)11-7-19)28(40)35-24(31(43)44)16-20-8-12-22(38)13-9-20/h6-13,17-18,23-26,38H,4-5,14-16,33H2,1-3H3,(H,34,41)(H,35,40)(H,36,39)(H,43,44)/t18-,23-,24-,25-,26-/m0/s1. The van der Waals surface area contributed by atoms with Gasteiger partial charge in [0.25, 0.3) is 0 Å². The summed E-state index contributed by atoms with van der Waals surface area (Å²) in [6.45, 7) is 5.35. The number of carboxylic acids is 1. The molecule has 0 spiro atoms. The maximum Gasteiger partial charge on any atom is 0.326 e. The van der Waals surface area contributed by atoms with Crippen LogP contribution in [0.25, 0.3) is 0 Å². The van der Waals surface area contributed by atoms with Crippen molar-refractivity contribution in [3.63, 3.8) is 0 Å². The summed E-state index contributed by atoms with van der Waals surface area (Å²) in [5.74, 6) is -3.74. The number of likely N-dealkylation sites (tertiary alicyclic amines) is 1. The molecular formula is C31H40ClN5O7. The summed E-state index contributed by atoms with van der Waals surface area (Å²) in [7, 11) is 0. The maximum absolute atomic E-state index is 13.6. The van der Waals surface area contributed by atoms with Crippen LogP contribution in [0.1, 0.15) is 44.7 Å². The summed E-state index contributed by atoms with van der Waals surface area (Å²) < 4.78 is 0. The fourth-order valence-corrected chi connectivity index (χ4v) is 5.08. The third-order valence-electron chi connectivity index (χ3n) is 7.46. The number of amides is 4. The van der Waals surface area contributed by atoms with Crippen LogP contribution in [-0.4, -0.2) is 81.5 Å². The molecule has 13 heteroatoms. The molecule has 0 radical (unpaired) electrons. The molecule has 12 nitrogen and oxygen atoms in total. The van der Waals surface area contributed by atoms with Gasteiger partial charge in [-0.05, 0) is 61.1 Å². The van der Waals surface area contributed by atoms with Crippen molar-refractivity contribution >= 4 is 41.2 Å². The number of carbonyl (C=O) groups excluding carboxylic acids is 4. The van der Waals surface area contributed by atoms with E-state index in [2.05, 4.69) is 16.0 Å². The highest BCUT2D eigenvalue weighted by molar-refractivity contribution is 6.30. The van der Waals surface area contributed by atoms with Gasteiger partial charge in [0, 0.05) is 24.4 Å². The molecule has 1 heterocycles. The molecule has 1 saturated heterocycles. The summed E-state index contributed by atoms with van der Waals surface area (Å²) in [4.78, 5) is 66.4. The highest BCUT2D eigenvalue weighted by Gasteiger charge is 2.40. The van der Waals surface area contributed by atoms with Crippen molar-refractivity contribution in [3.8, 4) is 5.75 Å². The van der Waals surface area contributed by atoms with E-state index >= 15 is 0 Å². The topological polar surface area (TPSA) is 191 Å². The van der Waals surface area contributed by atoms with E-state index in [4.69, 9.17) is 17.3 Å². The van der Waals surface area contributed by atoms with Crippen LogP contribution >= 0.6 is 11.6 Å². The number of aromatic hydroxyl groups is 1. The van der Waals surface area contributed by atoms with Crippen molar-refractivity contribution in [2.75, 3.05) is 6.54 Å². The van der Waals surface area contributed by atoms with Crippen LogP contribution in [0.5, 0.6) is 5.75 Å². The molecule has 1 fully saturated rings. The average molecular weight is 630 g/mol. The van der Waals surface area contributed by atoms with E-state index in [0.717, 1.165) is 0 Å². The summed E-state index contributed by atoms with van der Waals surface area (Å²) in [6, 6.07) is 7.49. The van der Waals surface area contributed by atoms with E-state index in [0.29, 0.717) is 29.0 Å². The second-order valence-corrected chi connectivity index (χ2v) is 11.8. The Hall–Kier alpha value is -4.16. The molecule has 0 bridgehead atoms. The second-order valence-electron chi connectivity index (χ2n) is 11.4. The molecule has 5 atom stereocenters. The van der Waals surface area contributed by atoms with E-state index in [1.54, 1.807) is 50.2 Å². The Balaban J connectivity index is 1.81. The molecular weight excluding hydrogens is 590 g/mol. The van der Waals surface area contributed by atoms with Crippen LogP contribution in [0.4, 0.5) is 0 Å². The normalized spacial score (nSPS) is 17.3. The van der Waals surface area contributed by atoms with Crippen LogP contribution in [0, 0.1) is 5.92 Å². The van der Waals surface area contributed by atoms with Gasteiger partial charge in [0.05, 0.1) is 6.04 Å². The Labute approximate surface area is 261 Å². The minimum absolute atomic E-state index is 0.0193. The number of phenolic OH excluding ortho intramolecular Hbond substituents is 1. The van der Waals surface area contributed by atoms with Gasteiger partial charge in [-0.15, -0.1) is 0 Å². The van der Waals surface area contributed by atoms with E-state index in [-0.39, 0.29) is 31.1 Å². The molecule has 238 valence electrons. The predicted molar refractivity (Wildman–Crippen MR) is 164 cm³/mol. The van der Waals surface area contributed by atoms with Gasteiger partial charge in [-0.3, -0.25) is 19.2 Å². The van der Waals surface area contributed by atoms with Crippen molar-refractivity contribution in [1.29, 1.82) is 0 Å². The van der Waals surface area contributed by atoms with Gasteiger partial charge in [0.1, 0.15) is 29.9 Å². The molecule has 2 aromatic rings. The molecule has 0 saturated carbocycles. The van der Waals surface area contributed by atoms with Crippen molar-refractivity contribution in [3.05, 3.63) is 64.7 Å². The first kappa shape index (κ1) is 34.3. The lowest BCUT2D eigenvalue weighted by molar-refractivity contribution is -0.144. The van der Waals surface area contributed by atoms with E-state index in [1.165, 1.54) is 24.0 Å². The van der Waals surface area contributed by atoms with Gasteiger partial charge in [-0.2, -0.15) is 0 Å². The minimum Gasteiger partial charge on any atom is -0.508 e. The van der Waals surface area contributed by atoms with Crippen LogP contribution in [-0.2, 0) is 36.8 Å². The fourth-order valence-electron chi connectivity index (χ4n) is 4.95. The highest BCUT2D eigenvalue weighted by atomic mass is 35.5. The molecule has 7 N–H and O–H groups in total. The third-order valence-corrected chi connectivity index (χ3v) is 7.71. The van der Waals surface area contributed by atoms with Gasteiger partial charge in [0.15, 0.2) is 0 Å². The Bertz CT molecular complexity index is 1330. The number of nitrogens with one attached hydrogen (secondary N) is 3. The summed E-state index contributed by atoms with van der Waals surface area (Å²) in [6.07, 6.45) is 0.854. The zero-order valence-electron chi connectivity index (χ0n) is 25.0. The first-order valence-electron chi connectivity index (χ1n) is 14.5. The van der Waals surface area contributed by atoms with E-state index < -0.39 is 59.8 Å². The summed E-state index contributed by atoms with van der Waals surface area (Å²) in [5.41, 5.74) is 6.92. The van der Waals surface area contributed by atoms with E-state index in [1.807, 2.05) is 0 Å². The number of phenols is 1. The smallest absolute Gasteiger partial charge is 0.326 e. The van der Waals surface area contributed by atoms with Gasteiger partial charge in [0.2, 0.25) is 23.6 Å². The molecule has 0 aromatic heterocycles. The molecule has 2 aromatic carbocycles. The number of benzene rings is 2. The highest BCUT2D eigenvalue weighted by Crippen LogP contribution is 2.21. The average Bonchev–Trinajstić information content (AvgIpc) is 3.47. The maximum atomic E-state index is 13.6. The molecule has 3 rings (SSSR count). The Morgan fingerprint density at radius 1 is 0.886 bits per heavy atom. The molecule has 0 unspecified atom stereocenters. The minimum atomic E-state index is -1.32. The number of nitrogens with two attached hydrogens (primary N) is 1. The largest absolute Gasteiger partial charge is 0.508 e. The zero-order chi connectivity index (χ0) is 32.6. The number of carbonyl (C=O) groups is 5. The monoisotopic (exact) mass is 629 g/mol. The molecule has 0 aliphatic carbocycles. The third kappa shape index (κ3) is 9.42. The number of carboxylic acid groups (broad SMARTS) is 1. The van der Waals surface area contributed by atoms with E-state index in [9.17, 15) is 34.2 Å². The number of aliphatic carboxylic acids is 1. The zero-order valence-corrected chi connectivity index (χ0v) is 25.7. The van der Waals surface area contributed by atoms with Gasteiger partial charge < -0.3 is 36.8 Å². The molecule has 1 aliphatic heterocycles. The van der Waals surface area contributed by atoms with Crippen LogP contribution in [0.15, 0.2) is 48.5 Å². The van der Waals surface area contributed by atoms with Crippen LogP contribution in [0.3, 0.4) is 0 Å². The number of halogens is 1. The lowest BCUT2D eigenvalue weighted by Gasteiger charge is -2.31. The number of rotatable bonds is 13. The van der Waals surface area contributed by atoms with Crippen LogP contribution in [0.2, 0.25) is 5.02 Å². The summed E-state index contributed by atoms with van der Waals surface area (Å²) in [5, 5.41) is 27.8. The van der Waals surface area contributed by atoms with Crippen molar-refractivity contribution in [1.82, 2.24) is 20.9 Å². The Morgan fingerprint density at radius 3 is 2.00 bits per heavy atom. The molecule has 4 amide bonds. The first-order chi connectivity index (χ1) is 20.8. The number of hydrogen-bond donors (Lipinski definition) is 6. The Kier molecular flexibility index (Phi) is 12.1. The number of hydrogen-bond acceptors (Lipinski definition) is 7. The number of nitrogens with zero attached hydrogens (tertiary/aromatic N) is 1. The van der Waals surface area contributed by atoms with Gasteiger partial charge in [-0.25, -0.2) is 4.79 Å². The van der Waals surface area contributed by atoms with Crippen LogP contribution < -0.4 is 21.7 Å². The quantitative estimate of drug-likeness (QED) is 0.191. The first-order valence-corrected chi connectivity index (χ1v) is 14.9. The lowest BCUT2D eigenvalue weighted by atomic mass is 10.0. The van der Waals surface area contributed by atoms with Gasteiger partial charge in [-0.1, -0.05) is 49.7 Å². The molecule has 1 aliphatic rings. The van der Waals surface area contributed by atoms with Crippen molar-refractivity contribution in [2.45, 2.75) is 76.7 Å². The summed E-state index contributed by atoms with van der Waals surface area (Å²) >= 11 is 6.01. The van der Waals surface area contributed by atoms with Crippen molar-refractivity contribution < 1.29 is 34.2 Å². The fraction of sp³-hybridized carbons (Fsp3) is 0.452.